The van der Waals surface area contributed by atoms with Gasteiger partial charge in [-0.1, -0.05) is 30.3 Å². The highest BCUT2D eigenvalue weighted by atomic mass is 32.2. The fourth-order valence-electron chi connectivity index (χ4n) is 3.77. The Balaban J connectivity index is 1.92. The number of sulfonamides is 1. The number of likely N-dealkylation sites (N-methyl/N-ethyl adjacent to an activating group) is 1. The zero-order valence-electron chi connectivity index (χ0n) is 18.3. The molecule has 1 aliphatic heterocycles. The molecule has 2 amide bonds. The summed E-state index contributed by atoms with van der Waals surface area (Å²) in [5, 5.41) is 6.55. The van der Waals surface area contributed by atoms with Gasteiger partial charge in [0.1, 0.15) is 11.9 Å². The first-order valence-corrected chi connectivity index (χ1v) is 12.1. The van der Waals surface area contributed by atoms with Gasteiger partial charge in [0.2, 0.25) is 21.8 Å². The molecule has 1 saturated heterocycles. The predicted molar refractivity (Wildman–Crippen MR) is 121 cm³/mol. The van der Waals surface area contributed by atoms with Crippen molar-refractivity contribution in [2.24, 2.45) is 11.7 Å². The zero-order chi connectivity index (χ0) is 23.3. The van der Waals surface area contributed by atoms with Crippen molar-refractivity contribution in [3.63, 3.8) is 0 Å². The van der Waals surface area contributed by atoms with E-state index in [1.807, 2.05) is 37.4 Å². The second kappa shape index (κ2) is 10.2. The van der Waals surface area contributed by atoms with Gasteiger partial charge in [-0.25, -0.2) is 8.42 Å². The van der Waals surface area contributed by atoms with Crippen molar-refractivity contribution >= 4 is 27.7 Å². The summed E-state index contributed by atoms with van der Waals surface area (Å²) in [7, 11) is -1.76. The predicted octanol–water partition coefficient (Wildman–Crippen LogP) is 0.0526. The first-order valence-electron chi connectivity index (χ1n) is 10.5. The van der Waals surface area contributed by atoms with Crippen LogP contribution in [0.1, 0.15) is 12.5 Å². The van der Waals surface area contributed by atoms with Crippen molar-refractivity contribution in [3.8, 4) is 0 Å². The molecular formula is C21H30N6O4S. The van der Waals surface area contributed by atoms with Crippen LogP contribution in [0.3, 0.4) is 0 Å². The lowest BCUT2D eigenvalue weighted by atomic mass is 9.99. The number of rotatable bonds is 9. The second-order valence-corrected chi connectivity index (χ2v) is 10.1. The van der Waals surface area contributed by atoms with Crippen LogP contribution in [0.5, 0.6) is 0 Å². The molecule has 0 saturated carbocycles. The van der Waals surface area contributed by atoms with Gasteiger partial charge in [-0.2, -0.15) is 9.40 Å². The molecule has 1 aromatic carbocycles. The highest BCUT2D eigenvalue weighted by Crippen LogP contribution is 2.22. The molecule has 2 atom stereocenters. The van der Waals surface area contributed by atoms with Gasteiger partial charge in [0, 0.05) is 32.2 Å². The van der Waals surface area contributed by atoms with Gasteiger partial charge in [0.05, 0.1) is 17.9 Å². The lowest BCUT2D eigenvalue weighted by Crippen LogP contribution is -2.52. The normalized spacial score (nSPS) is 17.6. The maximum atomic E-state index is 13.7. The Morgan fingerprint density at radius 3 is 2.38 bits per heavy atom. The molecule has 0 spiro atoms. The summed E-state index contributed by atoms with van der Waals surface area (Å²) in [5.74, 6) is -2.18. The Bertz CT molecular complexity index is 1000. The number of nitrogens with one attached hydrogen (secondary N) is 1. The minimum absolute atomic E-state index is 0.211. The molecule has 10 nitrogen and oxygen atoms in total. The van der Waals surface area contributed by atoms with Crippen molar-refractivity contribution in [3.05, 3.63) is 48.2 Å². The molecule has 2 aromatic rings. The number of benzene rings is 1. The molecule has 0 bridgehead atoms. The molecule has 174 valence electrons. The van der Waals surface area contributed by atoms with Crippen LogP contribution in [0.2, 0.25) is 0 Å². The number of nitrogens with zero attached hydrogens (tertiary/aromatic N) is 4. The third kappa shape index (κ3) is 5.72. The van der Waals surface area contributed by atoms with Gasteiger partial charge in [-0.05, 0) is 26.0 Å². The number of primary amides is 1. The summed E-state index contributed by atoms with van der Waals surface area (Å²) in [5.41, 5.74) is 6.32. The fraction of sp³-hybridized carbons (Fsp3) is 0.476. The number of piperazine rings is 1. The van der Waals surface area contributed by atoms with Gasteiger partial charge < -0.3 is 10.6 Å². The van der Waals surface area contributed by atoms with Crippen molar-refractivity contribution in [2.45, 2.75) is 19.4 Å². The molecule has 0 radical (unpaired) electrons. The molecule has 3 N–H and O–H groups in total. The Morgan fingerprint density at radius 1 is 1.16 bits per heavy atom. The number of nitrogens with two attached hydrogens (primary N) is 1. The van der Waals surface area contributed by atoms with Gasteiger partial charge in [-0.15, -0.1) is 0 Å². The van der Waals surface area contributed by atoms with Crippen molar-refractivity contribution in [1.29, 1.82) is 0 Å². The van der Waals surface area contributed by atoms with E-state index >= 15 is 0 Å². The quantitative estimate of drug-likeness (QED) is 0.541. The van der Waals surface area contributed by atoms with E-state index in [1.165, 1.54) is 22.3 Å². The Morgan fingerprint density at radius 2 is 1.81 bits per heavy atom. The number of amides is 2. The molecule has 32 heavy (non-hydrogen) atoms. The minimum atomic E-state index is -3.70. The summed E-state index contributed by atoms with van der Waals surface area (Å²) in [4.78, 5) is 28.9. The third-order valence-electron chi connectivity index (χ3n) is 5.72. The first-order chi connectivity index (χ1) is 15.2. The molecular weight excluding hydrogens is 432 g/mol. The SMILES string of the molecule is CC(C(N)=O)N(C(=O)C(Cc1ccccc1)CS(=O)(=O)N1CCN(C)CC1)c1ccn[nH]1. The van der Waals surface area contributed by atoms with E-state index in [9.17, 15) is 18.0 Å². The van der Waals surface area contributed by atoms with Gasteiger partial charge in [0.15, 0.2) is 0 Å². The molecule has 2 unspecified atom stereocenters. The number of anilines is 1. The largest absolute Gasteiger partial charge is 0.368 e. The van der Waals surface area contributed by atoms with Crippen molar-refractivity contribution in [2.75, 3.05) is 43.9 Å². The number of carbonyl (C=O) groups excluding carboxylic acids is 2. The topological polar surface area (TPSA) is 133 Å². The summed E-state index contributed by atoms with van der Waals surface area (Å²) in [6.45, 7) is 3.54. The van der Waals surface area contributed by atoms with E-state index in [1.54, 1.807) is 6.07 Å². The molecule has 1 aliphatic rings. The standard InChI is InChI=1S/C21H30N6O4S/c1-16(20(22)28)27(19-8-9-23-24-19)21(29)18(14-17-6-4-3-5-7-17)15-32(30,31)26-12-10-25(2)11-13-26/h3-9,16,18H,10-15H2,1-2H3,(H2,22,28)(H,23,24). The van der Waals surface area contributed by atoms with Gasteiger partial charge in [0.25, 0.3) is 0 Å². The number of hydrogen-bond donors (Lipinski definition) is 2. The van der Waals surface area contributed by atoms with Crippen LogP contribution in [0.4, 0.5) is 5.82 Å². The van der Waals surface area contributed by atoms with E-state index in [0.29, 0.717) is 26.2 Å². The lowest BCUT2D eigenvalue weighted by molar-refractivity contribution is -0.126. The zero-order valence-corrected chi connectivity index (χ0v) is 19.2. The Hall–Kier alpha value is -2.76. The maximum absolute atomic E-state index is 13.7. The molecule has 2 heterocycles. The van der Waals surface area contributed by atoms with Crippen LogP contribution in [0.25, 0.3) is 0 Å². The molecule has 3 rings (SSSR count). The second-order valence-electron chi connectivity index (χ2n) is 8.10. The Kier molecular flexibility index (Phi) is 7.64. The number of carbonyl (C=O) groups is 2. The summed E-state index contributed by atoms with van der Waals surface area (Å²) < 4.78 is 27.9. The number of hydrogen-bond acceptors (Lipinski definition) is 6. The molecule has 11 heteroatoms. The van der Waals surface area contributed by atoms with E-state index in [4.69, 9.17) is 5.73 Å². The van der Waals surface area contributed by atoms with Crippen molar-refractivity contribution < 1.29 is 18.0 Å². The summed E-state index contributed by atoms with van der Waals surface area (Å²) in [6, 6.07) is 9.79. The van der Waals surface area contributed by atoms with E-state index < -0.39 is 33.8 Å². The van der Waals surface area contributed by atoms with Crippen LogP contribution in [-0.4, -0.2) is 84.7 Å². The summed E-state index contributed by atoms with van der Waals surface area (Å²) in [6.07, 6.45) is 1.67. The van der Waals surface area contributed by atoms with Crippen LogP contribution < -0.4 is 10.6 Å². The van der Waals surface area contributed by atoms with Crippen LogP contribution in [0.15, 0.2) is 42.6 Å². The highest BCUT2D eigenvalue weighted by Gasteiger charge is 2.37. The molecule has 1 aromatic heterocycles. The number of H-pyrrole nitrogens is 1. The highest BCUT2D eigenvalue weighted by molar-refractivity contribution is 7.89. The average molecular weight is 463 g/mol. The summed E-state index contributed by atoms with van der Waals surface area (Å²) >= 11 is 0. The number of aromatic nitrogens is 2. The minimum Gasteiger partial charge on any atom is -0.368 e. The Labute approximate surface area is 188 Å². The molecule has 1 fully saturated rings. The smallest absolute Gasteiger partial charge is 0.240 e. The van der Waals surface area contributed by atoms with Gasteiger partial charge >= 0.3 is 0 Å². The van der Waals surface area contributed by atoms with E-state index in [-0.39, 0.29) is 18.0 Å². The van der Waals surface area contributed by atoms with Crippen LogP contribution in [0, 0.1) is 5.92 Å². The third-order valence-corrected chi connectivity index (χ3v) is 7.70. The van der Waals surface area contributed by atoms with E-state index in [2.05, 4.69) is 15.1 Å². The molecule has 0 aliphatic carbocycles. The lowest BCUT2D eigenvalue weighted by Gasteiger charge is -2.34. The first kappa shape index (κ1) is 23.9. The maximum Gasteiger partial charge on any atom is 0.240 e. The number of aromatic amines is 1. The fourth-order valence-corrected chi connectivity index (χ4v) is 5.47. The van der Waals surface area contributed by atoms with E-state index in [0.717, 1.165) is 5.56 Å². The van der Waals surface area contributed by atoms with Crippen LogP contribution in [-0.2, 0) is 26.0 Å². The van der Waals surface area contributed by atoms with Crippen LogP contribution >= 0.6 is 0 Å². The van der Waals surface area contributed by atoms with Crippen molar-refractivity contribution in [1.82, 2.24) is 19.4 Å². The van der Waals surface area contributed by atoms with Gasteiger partial charge in [-0.3, -0.25) is 19.6 Å². The monoisotopic (exact) mass is 462 g/mol. The average Bonchev–Trinajstić information content (AvgIpc) is 3.28.